The van der Waals surface area contributed by atoms with Crippen molar-refractivity contribution in [1.82, 2.24) is 14.9 Å². The molecule has 0 bridgehead atoms. The number of benzene rings is 1. The lowest BCUT2D eigenvalue weighted by Gasteiger charge is -2.11. The fourth-order valence-corrected chi connectivity index (χ4v) is 2.65. The quantitative estimate of drug-likeness (QED) is 0.641. The average Bonchev–Trinajstić information content (AvgIpc) is 2.66. The van der Waals surface area contributed by atoms with Crippen LogP contribution in [0.1, 0.15) is 16.9 Å². The molecule has 1 amide bonds. The number of carbonyl (C=O) groups is 1. The highest BCUT2D eigenvalue weighted by molar-refractivity contribution is 6.07. The van der Waals surface area contributed by atoms with Gasteiger partial charge in [0.25, 0.3) is 5.91 Å². The smallest absolute Gasteiger partial charge is 0.274 e. The van der Waals surface area contributed by atoms with Gasteiger partial charge in [0.1, 0.15) is 5.69 Å². The summed E-state index contributed by atoms with van der Waals surface area (Å²) in [5, 5.41) is 7.19. The molecule has 3 rings (SSSR count). The molecular weight excluding hydrogens is 326 g/mol. The Kier molecular flexibility index (Phi) is 5.76. The number of anilines is 2. The molecule has 3 aromatic rings. The molecule has 0 saturated carbocycles. The summed E-state index contributed by atoms with van der Waals surface area (Å²) < 4.78 is 0. The topological polar surface area (TPSA) is 70.2 Å². The highest BCUT2D eigenvalue weighted by atomic mass is 16.1. The van der Waals surface area contributed by atoms with Gasteiger partial charge in [0.15, 0.2) is 0 Å². The molecule has 0 unspecified atom stereocenters. The molecule has 134 valence electrons. The second kappa shape index (κ2) is 8.40. The summed E-state index contributed by atoms with van der Waals surface area (Å²) in [7, 11) is 4.11. The highest BCUT2D eigenvalue weighted by Gasteiger charge is 2.10. The maximum absolute atomic E-state index is 12.5. The fraction of sp³-hybridized carbons (Fsp3) is 0.250. The maximum Gasteiger partial charge on any atom is 0.274 e. The third kappa shape index (κ3) is 4.55. The lowest BCUT2D eigenvalue weighted by Crippen LogP contribution is -2.17. The SMILES string of the molecule is CN(C)CCCNc1ccc(C(=O)Nc2cccc3cccnc23)nc1. The van der Waals surface area contributed by atoms with Gasteiger partial charge in [-0.25, -0.2) is 4.98 Å². The molecule has 2 heterocycles. The van der Waals surface area contributed by atoms with Crippen LogP contribution in [-0.2, 0) is 0 Å². The van der Waals surface area contributed by atoms with Crippen molar-refractivity contribution >= 4 is 28.2 Å². The van der Waals surface area contributed by atoms with Crippen molar-refractivity contribution in [3.8, 4) is 0 Å². The van der Waals surface area contributed by atoms with Crippen LogP contribution in [-0.4, -0.2) is 48.0 Å². The van der Waals surface area contributed by atoms with E-state index in [0.29, 0.717) is 11.4 Å². The summed E-state index contributed by atoms with van der Waals surface area (Å²) in [6.07, 6.45) is 4.45. The minimum absolute atomic E-state index is 0.248. The first-order chi connectivity index (χ1) is 12.6. The number of amides is 1. The van der Waals surface area contributed by atoms with E-state index in [9.17, 15) is 4.79 Å². The van der Waals surface area contributed by atoms with Crippen LogP contribution in [0.2, 0.25) is 0 Å². The van der Waals surface area contributed by atoms with Crippen LogP contribution < -0.4 is 10.6 Å². The predicted octanol–water partition coefficient (Wildman–Crippen LogP) is 3.25. The predicted molar refractivity (Wildman–Crippen MR) is 106 cm³/mol. The summed E-state index contributed by atoms with van der Waals surface area (Å²) in [6.45, 7) is 1.90. The van der Waals surface area contributed by atoms with Crippen LogP contribution in [0.25, 0.3) is 10.9 Å². The van der Waals surface area contributed by atoms with Gasteiger partial charge < -0.3 is 15.5 Å². The zero-order chi connectivity index (χ0) is 18.4. The molecule has 0 aliphatic carbocycles. The van der Waals surface area contributed by atoms with E-state index in [4.69, 9.17) is 0 Å². The Labute approximate surface area is 153 Å². The highest BCUT2D eigenvalue weighted by Crippen LogP contribution is 2.21. The second-order valence-corrected chi connectivity index (χ2v) is 6.35. The molecular formula is C20H23N5O. The first-order valence-electron chi connectivity index (χ1n) is 8.63. The van der Waals surface area contributed by atoms with Gasteiger partial charge >= 0.3 is 0 Å². The number of para-hydroxylation sites is 1. The molecule has 6 nitrogen and oxygen atoms in total. The Morgan fingerprint density at radius 1 is 1.08 bits per heavy atom. The fourth-order valence-electron chi connectivity index (χ4n) is 2.65. The van der Waals surface area contributed by atoms with Gasteiger partial charge in [0.2, 0.25) is 0 Å². The van der Waals surface area contributed by atoms with Gasteiger partial charge in [0, 0.05) is 18.1 Å². The largest absolute Gasteiger partial charge is 0.384 e. The van der Waals surface area contributed by atoms with Crippen LogP contribution in [0.15, 0.2) is 54.9 Å². The summed E-state index contributed by atoms with van der Waals surface area (Å²) >= 11 is 0. The van der Waals surface area contributed by atoms with Crippen LogP contribution in [0.4, 0.5) is 11.4 Å². The molecule has 26 heavy (non-hydrogen) atoms. The third-order valence-corrected chi connectivity index (χ3v) is 3.99. The molecule has 0 fully saturated rings. The Balaban J connectivity index is 1.63. The Morgan fingerprint density at radius 2 is 1.92 bits per heavy atom. The van der Waals surface area contributed by atoms with Crippen molar-refractivity contribution < 1.29 is 4.79 Å². The molecule has 6 heteroatoms. The van der Waals surface area contributed by atoms with E-state index in [1.807, 2.05) is 36.4 Å². The number of hydrogen-bond acceptors (Lipinski definition) is 5. The molecule has 0 aliphatic heterocycles. The van der Waals surface area contributed by atoms with E-state index in [1.165, 1.54) is 0 Å². The van der Waals surface area contributed by atoms with Gasteiger partial charge in [-0.1, -0.05) is 18.2 Å². The summed E-state index contributed by atoms with van der Waals surface area (Å²) in [5.74, 6) is -0.248. The number of aromatic nitrogens is 2. The van der Waals surface area contributed by atoms with Crippen LogP contribution >= 0.6 is 0 Å². The van der Waals surface area contributed by atoms with E-state index in [2.05, 4.69) is 39.6 Å². The van der Waals surface area contributed by atoms with Gasteiger partial charge in [-0.2, -0.15) is 0 Å². The first-order valence-corrected chi connectivity index (χ1v) is 8.63. The molecule has 2 N–H and O–H groups in total. The van der Waals surface area contributed by atoms with Gasteiger partial charge in [0.05, 0.1) is 23.1 Å². The molecule has 0 aliphatic rings. The number of rotatable bonds is 7. The molecule has 2 aromatic heterocycles. The van der Waals surface area contributed by atoms with E-state index >= 15 is 0 Å². The zero-order valence-electron chi connectivity index (χ0n) is 15.1. The normalized spacial score (nSPS) is 10.9. The Morgan fingerprint density at radius 3 is 2.69 bits per heavy atom. The van der Waals surface area contributed by atoms with Crippen molar-refractivity contribution in [2.24, 2.45) is 0 Å². The van der Waals surface area contributed by atoms with Gasteiger partial charge in [-0.15, -0.1) is 0 Å². The lowest BCUT2D eigenvalue weighted by molar-refractivity contribution is 0.102. The molecule has 0 radical (unpaired) electrons. The van der Waals surface area contributed by atoms with E-state index in [0.717, 1.165) is 36.1 Å². The molecule has 0 saturated heterocycles. The van der Waals surface area contributed by atoms with Crippen molar-refractivity contribution in [3.63, 3.8) is 0 Å². The van der Waals surface area contributed by atoms with Gasteiger partial charge in [-0.3, -0.25) is 9.78 Å². The van der Waals surface area contributed by atoms with Crippen LogP contribution in [0, 0.1) is 0 Å². The minimum atomic E-state index is -0.248. The Bertz CT molecular complexity index is 872. The monoisotopic (exact) mass is 349 g/mol. The van der Waals surface area contributed by atoms with E-state index in [-0.39, 0.29) is 5.91 Å². The number of nitrogens with one attached hydrogen (secondary N) is 2. The minimum Gasteiger partial charge on any atom is -0.384 e. The van der Waals surface area contributed by atoms with Crippen molar-refractivity contribution in [1.29, 1.82) is 0 Å². The molecule has 0 spiro atoms. The number of hydrogen-bond donors (Lipinski definition) is 2. The average molecular weight is 349 g/mol. The van der Waals surface area contributed by atoms with Crippen LogP contribution in [0.3, 0.4) is 0 Å². The molecule has 0 atom stereocenters. The zero-order valence-corrected chi connectivity index (χ0v) is 15.1. The maximum atomic E-state index is 12.5. The van der Waals surface area contributed by atoms with E-state index in [1.54, 1.807) is 18.5 Å². The van der Waals surface area contributed by atoms with Gasteiger partial charge in [-0.05, 0) is 51.3 Å². The number of carbonyl (C=O) groups excluding carboxylic acids is 1. The standard InChI is InChI=1S/C20H23N5O/c1-25(2)13-5-12-21-16-9-10-18(23-14-16)20(26)24-17-8-3-6-15-7-4-11-22-19(15)17/h3-4,6-11,14,21H,5,12-13H2,1-2H3,(H,24,26). The van der Waals surface area contributed by atoms with Crippen LogP contribution in [0.5, 0.6) is 0 Å². The first kappa shape index (κ1) is 17.8. The summed E-state index contributed by atoms with van der Waals surface area (Å²) in [4.78, 5) is 23.2. The van der Waals surface area contributed by atoms with E-state index < -0.39 is 0 Å². The Hall–Kier alpha value is -2.99. The second-order valence-electron chi connectivity index (χ2n) is 6.35. The summed E-state index contributed by atoms with van der Waals surface area (Å²) in [6, 6.07) is 13.1. The van der Waals surface area contributed by atoms with Crippen molar-refractivity contribution in [2.45, 2.75) is 6.42 Å². The third-order valence-electron chi connectivity index (χ3n) is 3.99. The molecule has 1 aromatic carbocycles. The summed E-state index contributed by atoms with van der Waals surface area (Å²) in [5.41, 5.74) is 2.73. The van der Waals surface area contributed by atoms with Crippen molar-refractivity contribution in [3.05, 3.63) is 60.6 Å². The lowest BCUT2D eigenvalue weighted by atomic mass is 10.2. The van der Waals surface area contributed by atoms with Crippen molar-refractivity contribution in [2.75, 3.05) is 37.8 Å². The number of nitrogens with zero attached hydrogens (tertiary/aromatic N) is 3. The number of fused-ring (bicyclic) bond motifs is 1. The number of pyridine rings is 2.